The highest BCUT2D eigenvalue weighted by Crippen LogP contribution is 2.23. The summed E-state index contributed by atoms with van der Waals surface area (Å²) in [5.74, 6) is -0.226. The van der Waals surface area contributed by atoms with Gasteiger partial charge >= 0.3 is 0 Å². The molecule has 0 aliphatic carbocycles. The van der Waals surface area contributed by atoms with E-state index >= 15 is 0 Å². The van der Waals surface area contributed by atoms with Gasteiger partial charge in [-0.15, -0.1) is 0 Å². The van der Waals surface area contributed by atoms with Gasteiger partial charge in [0.1, 0.15) is 11.0 Å². The highest BCUT2D eigenvalue weighted by atomic mass is 35.5. The molecular weight excluding hydrogens is 336 g/mol. The van der Waals surface area contributed by atoms with Gasteiger partial charge in [-0.1, -0.05) is 23.7 Å². The van der Waals surface area contributed by atoms with Gasteiger partial charge < -0.3 is 15.7 Å². The van der Waals surface area contributed by atoms with E-state index in [0.29, 0.717) is 21.9 Å². The first-order valence-corrected chi connectivity index (χ1v) is 7.92. The van der Waals surface area contributed by atoms with E-state index in [1.807, 2.05) is 12.1 Å². The lowest BCUT2D eigenvalue weighted by Crippen LogP contribution is -2.22. The Labute approximate surface area is 141 Å². The Morgan fingerprint density at radius 2 is 2.09 bits per heavy atom. The minimum Gasteiger partial charge on any atom is -0.392 e. The fourth-order valence-corrected chi connectivity index (χ4v) is 2.82. The molecule has 0 fully saturated rings. The molecule has 6 nitrogen and oxygen atoms in total. The second kappa shape index (κ2) is 6.91. The van der Waals surface area contributed by atoms with Crippen molar-refractivity contribution in [1.82, 2.24) is 8.75 Å². The highest BCUT2D eigenvalue weighted by Gasteiger charge is 2.09. The fraction of sp³-hybridized carbons (Fsp3) is 0.133. The van der Waals surface area contributed by atoms with Crippen LogP contribution in [0.2, 0.25) is 5.02 Å². The minimum atomic E-state index is -0.226. The summed E-state index contributed by atoms with van der Waals surface area (Å²) in [7, 11) is 0. The minimum absolute atomic E-state index is 0.0442. The lowest BCUT2D eigenvalue weighted by Gasteiger charge is -2.10. The van der Waals surface area contributed by atoms with Crippen LogP contribution in [0.4, 0.5) is 11.4 Å². The molecule has 0 saturated carbocycles. The zero-order valence-electron chi connectivity index (χ0n) is 11.9. The topological polar surface area (TPSA) is 87.1 Å². The molecule has 0 unspecified atom stereocenters. The van der Waals surface area contributed by atoms with Crippen LogP contribution in [0.1, 0.15) is 5.56 Å². The van der Waals surface area contributed by atoms with E-state index in [1.165, 1.54) is 0 Å². The number of nitrogens with zero attached hydrogens (tertiary/aromatic N) is 2. The second-order valence-corrected chi connectivity index (χ2v) is 5.75. The number of rotatable bonds is 5. The van der Waals surface area contributed by atoms with Gasteiger partial charge in [-0.3, -0.25) is 4.79 Å². The number of carbonyl (C=O) groups is 1. The van der Waals surface area contributed by atoms with Gasteiger partial charge in [-0.25, -0.2) is 0 Å². The molecule has 3 N–H and O–H groups in total. The van der Waals surface area contributed by atoms with E-state index < -0.39 is 0 Å². The predicted molar refractivity (Wildman–Crippen MR) is 91.9 cm³/mol. The summed E-state index contributed by atoms with van der Waals surface area (Å²) >= 11 is 7.17. The number of halogens is 1. The number of aliphatic hydroxyl groups is 1. The van der Waals surface area contributed by atoms with Crippen molar-refractivity contribution in [3.63, 3.8) is 0 Å². The molecule has 0 aliphatic heterocycles. The molecule has 0 spiro atoms. The zero-order valence-corrected chi connectivity index (χ0v) is 13.5. The number of amides is 1. The standard InChI is InChI=1S/C15H13ClN4O2S/c16-10-5-4-9(8-21)6-13(10)17-7-14(22)18-11-2-1-3-12-15(11)20-23-19-12/h1-6,17,21H,7-8H2,(H,18,22). The summed E-state index contributed by atoms with van der Waals surface area (Å²) in [4.78, 5) is 12.1. The quantitative estimate of drug-likeness (QED) is 0.660. The van der Waals surface area contributed by atoms with Crippen molar-refractivity contribution >= 4 is 51.6 Å². The molecule has 1 aromatic heterocycles. The number of nitrogens with one attached hydrogen (secondary N) is 2. The maximum atomic E-state index is 12.1. The van der Waals surface area contributed by atoms with Crippen LogP contribution < -0.4 is 10.6 Å². The van der Waals surface area contributed by atoms with Crippen LogP contribution in [0, 0.1) is 0 Å². The average Bonchev–Trinajstić information content (AvgIpc) is 3.04. The fourth-order valence-electron chi connectivity index (χ4n) is 2.08. The number of aromatic nitrogens is 2. The van der Waals surface area contributed by atoms with E-state index in [9.17, 15) is 4.79 Å². The molecule has 3 rings (SSSR count). The third kappa shape index (κ3) is 3.58. The molecular formula is C15H13ClN4O2S. The molecule has 0 saturated heterocycles. The predicted octanol–water partition coefficient (Wildman–Crippen LogP) is 2.89. The lowest BCUT2D eigenvalue weighted by molar-refractivity contribution is -0.114. The van der Waals surface area contributed by atoms with Crippen molar-refractivity contribution in [1.29, 1.82) is 0 Å². The van der Waals surface area contributed by atoms with Crippen LogP contribution >= 0.6 is 23.3 Å². The Balaban J connectivity index is 1.67. The lowest BCUT2D eigenvalue weighted by atomic mass is 10.2. The van der Waals surface area contributed by atoms with Crippen LogP contribution in [0.5, 0.6) is 0 Å². The average molecular weight is 349 g/mol. The number of benzene rings is 2. The molecule has 1 amide bonds. The normalized spacial score (nSPS) is 10.7. The SMILES string of the molecule is O=C(CNc1cc(CO)ccc1Cl)Nc1cccc2nsnc12. The summed E-state index contributed by atoms with van der Waals surface area (Å²) in [6, 6.07) is 10.5. The van der Waals surface area contributed by atoms with E-state index in [-0.39, 0.29) is 19.1 Å². The van der Waals surface area contributed by atoms with Gasteiger partial charge in [0.2, 0.25) is 5.91 Å². The van der Waals surface area contributed by atoms with Crippen molar-refractivity contribution in [3.05, 3.63) is 47.0 Å². The van der Waals surface area contributed by atoms with Crippen molar-refractivity contribution in [2.45, 2.75) is 6.61 Å². The Hall–Kier alpha value is -2.22. The summed E-state index contributed by atoms with van der Waals surface area (Å²) in [6.07, 6.45) is 0. The van der Waals surface area contributed by atoms with Crippen molar-refractivity contribution in [3.8, 4) is 0 Å². The molecule has 0 bridgehead atoms. The Bertz CT molecular complexity index is 852. The van der Waals surface area contributed by atoms with Crippen molar-refractivity contribution in [2.75, 3.05) is 17.2 Å². The van der Waals surface area contributed by atoms with Gasteiger partial charge in [-0.05, 0) is 29.8 Å². The van der Waals surface area contributed by atoms with Crippen LogP contribution in [-0.2, 0) is 11.4 Å². The molecule has 118 valence electrons. The first-order valence-electron chi connectivity index (χ1n) is 6.81. The molecule has 2 aromatic carbocycles. The van der Waals surface area contributed by atoms with Gasteiger partial charge in [-0.2, -0.15) is 8.75 Å². The van der Waals surface area contributed by atoms with Crippen LogP contribution in [0.3, 0.4) is 0 Å². The number of fused-ring (bicyclic) bond motifs is 1. The molecule has 3 aromatic rings. The van der Waals surface area contributed by atoms with Gasteiger partial charge in [0.05, 0.1) is 41.3 Å². The second-order valence-electron chi connectivity index (χ2n) is 4.81. The van der Waals surface area contributed by atoms with Gasteiger partial charge in [0.15, 0.2) is 0 Å². The zero-order chi connectivity index (χ0) is 16.2. The van der Waals surface area contributed by atoms with Gasteiger partial charge in [0.25, 0.3) is 0 Å². The maximum absolute atomic E-state index is 12.1. The summed E-state index contributed by atoms with van der Waals surface area (Å²) in [5, 5.41) is 15.4. The largest absolute Gasteiger partial charge is 0.392 e. The van der Waals surface area contributed by atoms with E-state index in [0.717, 1.165) is 22.8 Å². The molecule has 0 radical (unpaired) electrons. The molecule has 1 heterocycles. The summed E-state index contributed by atoms with van der Waals surface area (Å²) in [6.45, 7) is -0.0422. The van der Waals surface area contributed by atoms with Crippen molar-refractivity contribution < 1.29 is 9.90 Å². The molecule has 8 heteroatoms. The van der Waals surface area contributed by atoms with E-state index in [1.54, 1.807) is 24.3 Å². The summed E-state index contributed by atoms with van der Waals surface area (Å²) in [5.41, 5.74) is 3.36. The van der Waals surface area contributed by atoms with Crippen molar-refractivity contribution in [2.24, 2.45) is 0 Å². The smallest absolute Gasteiger partial charge is 0.243 e. The number of hydrogen-bond donors (Lipinski definition) is 3. The van der Waals surface area contributed by atoms with E-state index in [4.69, 9.17) is 16.7 Å². The summed E-state index contributed by atoms with van der Waals surface area (Å²) < 4.78 is 8.31. The number of anilines is 2. The monoisotopic (exact) mass is 348 g/mol. The number of aliphatic hydroxyl groups excluding tert-OH is 1. The highest BCUT2D eigenvalue weighted by molar-refractivity contribution is 7.00. The number of carbonyl (C=O) groups excluding carboxylic acids is 1. The Morgan fingerprint density at radius 1 is 1.22 bits per heavy atom. The Kier molecular flexibility index (Phi) is 4.71. The molecule has 0 atom stereocenters. The van der Waals surface area contributed by atoms with E-state index in [2.05, 4.69) is 19.4 Å². The first kappa shape index (κ1) is 15.7. The third-order valence-corrected chi connectivity index (χ3v) is 4.08. The van der Waals surface area contributed by atoms with Crippen LogP contribution in [0.15, 0.2) is 36.4 Å². The first-order chi connectivity index (χ1) is 11.2. The number of hydrogen-bond acceptors (Lipinski definition) is 6. The molecule has 0 aliphatic rings. The van der Waals surface area contributed by atoms with Crippen LogP contribution in [-0.4, -0.2) is 26.3 Å². The Morgan fingerprint density at radius 3 is 2.91 bits per heavy atom. The molecule has 23 heavy (non-hydrogen) atoms. The maximum Gasteiger partial charge on any atom is 0.243 e. The third-order valence-electron chi connectivity index (χ3n) is 3.21. The van der Waals surface area contributed by atoms with Crippen LogP contribution in [0.25, 0.3) is 11.0 Å². The van der Waals surface area contributed by atoms with Gasteiger partial charge in [0, 0.05) is 0 Å².